The molecule has 2 bridgehead atoms. The van der Waals surface area contributed by atoms with Crippen LogP contribution in [0.4, 0.5) is 0 Å². The van der Waals surface area contributed by atoms with Gasteiger partial charge in [0.15, 0.2) is 5.82 Å². The quantitative estimate of drug-likeness (QED) is 0.524. The number of benzene rings is 1. The maximum Gasteiger partial charge on any atom is 0.230 e. The fourth-order valence-corrected chi connectivity index (χ4v) is 5.83. The molecule has 0 aliphatic heterocycles. The molecule has 4 rings (SSSR count). The fraction of sp³-hybridized carbons (Fsp3) is 0.526. The van der Waals surface area contributed by atoms with Crippen LogP contribution < -0.4 is 11.2 Å². The second-order valence-corrected chi connectivity index (χ2v) is 9.57. The summed E-state index contributed by atoms with van der Waals surface area (Å²) in [6, 6.07) is 5.30. The maximum absolute atomic E-state index is 12.4. The van der Waals surface area contributed by atoms with Crippen molar-refractivity contribution in [1.82, 2.24) is 20.2 Å². The molecular formula is C19H23Cl2N5OS. The Morgan fingerprint density at radius 2 is 2.18 bits per heavy atom. The standard InChI is InChI=1S/C19H23Cl2N5OS/c1-10(15-7-11-2-3-12(15)6-11)23-17(27)9-28-19-25-24-18(26(19)22)14-5-4-13(20)8-16(14)21/h4-5,8,10-12,15H,2-3,6-7,9,22H2,1H3,(H,23,27). The molecule has 1 amide bonds. The van der Waals surface area contributed by atoms with Gasteiger partial charge < -0.3 is 11.2 Å². The summed E-state index contributed by atoms with van der Waals surface area (Å²) in [5.41, 5.74) is 0.641. The minimum Gasteiger partial charge on any atom is -0.353 e. The lowest BCUT2D eigenvalue weighted by molar-refractivity contribution is -0.119. The summed E-state index contributed by atoms with van der Waals surface area (Å²) in [6.45, 7) is 2.13. The van der Waals surface area contributed by atoms with E-state index in [0.29, 0.717) is 32.5 Å². The number of hydrogen-bond acceptors (Lipinski definition) is 5. The largest absolute Gasteiger partial charge is 0.353 e. The number of nitrogens with two attached hydrogens (primary N) is 1. The van der Waals surface area contributed by atoms with Crippen LogP contribution in [0.5, 0.6) is 0 Å². The zero-order chi connectivity index (χ0) is 19.8. The molecule has 150 valence electrons. The molecule has 1 aromatic heterocycles. The van der Waals surface area contributed by atoms with Crippen molar-refractivity contribution in [1.29, 1.82) is 0 Å². The summed E-state index contributed by atoms with van der Waals surface area (Å²) >= 11 is 13.4. The van der Waals surface area contributed by atoms with Crippen LogP contribution in [0.1, 0.15) is 32.6 Å². The molecule has 9 heteroatoms. The highest BCUT2D eigenvalue weighted by Gasteiger charge is 2.42. The summed E-state index contributed by atoms with van der Waals surface area (Å²) < 4.78 is 1.35. The van der Waals surface area contributed by atoms with Crippen molar-refractivity contribution in [2.45, 2.75) is 43.8 Å². The average Bonchev–Trinajstić information content (AvgIpc) is 3.36. The highest BCUT2D eigenvalue weighted by atomic mass is 35.5. The maximum atomic E-state index is 12.4. The van der Waals surface area contributed by atoms with Crippen LogP contribution in [0.2, 0.25) is 10.0 Å². The topological polar surface area (TPSA) is 85.8 Å². The molecule has 2 aliphatic carbocycles. The van der Waals surface area contributed by atoms with Gasteiger partial charge in [0.1, 0.15) is 0 Å². The number of carbonyl (C=O) groups excluding carboxylic acids is 1. The number of rotatable bonds is 6. The van der Waals surface area contributed by atoms with Crippen molar-refractivity contribution in [3.05, 3.63) is 28.2 Å². The van der Waals surface area contributed by atoms with E-state index in [9.17, 15) is 4.79 Å². The number of nitrogens with one attached hydrogen (secondary N) is 1. The first kappa shape index (κ1) is 19.9. The summed E-state index contributed by atoms with van der Waals surface area (Å²) in [7, 11) is 0. The molecule has 1 aromatic carbocycles. The second kappa shape index (κ2) is 8.13. The van der Waals surface area contributed by atoms with Crippen LogP contribution in [0.25, 0.3) is 11.4 Å². The molecule has 2 aliphatic rings. The Labute approximate surface area is 178 Å². The van der Waals surface area contributed by atoms with Gasteiger partial charge in [-0.3, -0.25) is 4.79 Å². The molecule has 4 unspecified atom stereocenters. The highest BCUT2D eigenvalue weighted by Crippen LogP contribution is 2.49. The van der Waals surface area contributed by atoms with E-state index in [1.54, 1.807) is 18.2 Å². The number of nitrogens with zero attached hydrogens (tertiary/aromatic N) is 3. The minimum atomic E-state index is -0.00523. The summed E-state index contributed by atoms with van der Waals surface area (Å²) in [6.07, 6.45) is 5.27. The summed E-state index contributed by atoms with van der Waals surface area (Å²) in [5.74, 6) is 9.06. The summed E-state index contributed by atoms with van der Waals surface area (Å²) in [5, 5.41) is 12.8. The normalized spacial score (nSPS) is 24.5. The van der Waals surface area contributed by atoms with Gasteiger partial charge in [0.2, 0.25) is 11.1 Å². The number of thioether (sulfide) groups is 1. The zero-order valence-corrected chi connectivity index (χ0v) is 17.9. The van der Waals surface area contributed by atoms with Gasteiger partial charge in [-0.25, -0.2) is 4.68 Å². The van der Waals surface area contributed by atoms with Gasteiger partial charge in [0.25, 0.3) is 0 Å². The van der Waals surface area contributed by atoms with Crippen LogP contribution in [-0.2, 0) is 4.79 Å². The molecular weight excluding hydrogens is 417 g/mol. The van der Waals surface area contributed by atoms with E-state index in [-0.39, 0.29) is 17.7 Å². The Morgan fingerprint density at radius 1 is 1.36 bits per heavy atom. The van der Waals surface area contributed by atoms with E-state index in [1.807, 2.05) is 0 Å². The Balaban J connectivity index is 1.35. The lowest BCUT2D eigenvalue weighted by atomic mass is 9.84. The van der Waals surface area contributed by atoms with E-state index in [4.69, 9.17) is 29.0 Å². The van der Waals surface area contributed by atoms with E-state index >= 15 is 0 Å². The van der Waals surface area contributed by atoms with Crippen molar-refractivity contribution in [3.8, 4) is 11.4 Å². The predicted molar refractivity (Wildman–Crippen MR) is 113 cm³/mol. The van der Waals surface area contributed by atoms with Gasteiger partial charge in [-0.1, -0.05) is 41.4 Å². The monoisotopic (exact) mass is 439 g/mol. The van der Waals surface area contributed by atoms with E-state index in [1.165, 1.54) is 42.1 Å². The third kappa shape index (κ3) is 3.98. The first-order valence-corrected chi connectivity index (χ1v) is 11.2. The fourth-order valence-electron chi connectivity index (χ4n) is 4.67. The first-order chi connectivity index (χ1) is 13.4. The van der Waals surface area contributed by atoms with Crippen LogP contribution in [0.15, 0.2) is 23.4 Å². The Hall–Kier alpha value is -1.44. The SMILES string of the molecule is CC(NC(=O)CSc1nnc(-c2ccc(Cl)cc2Cl)n1N)C1CC2CCC1C2. The molecule has 2 saturated carbocycles. The van der Waals surface area contributed by atoms with E-state index in [0.717, 1.165) is 11.8 Å². The molecule has 2 fully saturated rings. The average molecular weight is 440 g/mol. The molecule has 28 heavy (non-hydrogen) atoms. The second-order valence-electron chi connectivity index (χ2n) is 7.78. The summed E-state index contributed by atoms with van der Waals surface area (Å²) in [4.78, 5) is 12.4. The van der Waals surface area contributed by atoms with Crippen molar-refractivity contribution in [3.63, 3.8) is 0 Å². The van der Waals surface area contributed by atoms with Crippen molar-refractivity contribution >= 4 is 40.9 Å². The predicted octanol–water partition coefficient (Wildman–Crippen LogP) is 4.00. The van der Waals surface area contributed by atoms with Gasteiger partial charge in [-0.15, -0.1) is 10.2 Å². The van der Waals surface area contributed by atoms with E-state index < -0.39 is 0 Å². The smallest absolute Gasteiger partial charge is 0.230 e. The molecule has 0 radical (unpaired) electrons. The number of hydrogen-bond donors (Lipinski definition) is 2. The lowest BCUT2D eigenvalue weighted by Gasteiger charge is -2.28. The molecule has 1 heterocycles. The molecule has 4 atom stereocenters. The number of halogens is 2. The van der Waals surface area contributed by atoms with Crippen LogP contribution in [0.3, 0.4) is 0 Å². The van der Waals surface area contributed by atoms with E-state index in [2.05, 4.69) is 22.4 Å². The van der Waals surface area contributed by atoms with Crippen LogP contribution >= 0.6 is 35.0 Å². The number of fused-ring (bicyclic) bond motifs is 2. The Morgan fingerprint density at radius 3 is 2.86 bits per heavy atom. The molecule has 6 nitrogen and oxygen atoms in total. The third-order valence-electron chi connectivity index (χ3n) is 5.99. The molecule has 2 aromatic rings. The van der Waals surface area contributed by atoms with Gasteiger partial charge >= 0.3 is 0 Å². The van der Waals surface area contributed by atoms with Crippen molar-refractivity contribution < 1.29 is 4.79 Å². The highest BCUT2D eigenvalue weighted by molar-refractivity contribution is 7.99. The van der Waals surface area contributed by atoms with Crippen molar-refractivity contribution in [2.75, 3.05) is 11.6 Å². The van der Waals surface area contributed by atoms with Gasteiger partial charge in [-0.2, -0.15) is 0 Å². The molecule has 0 saturated heterocycles. The minimum absolute atomic E-state index is 0.00523. The molecule has 0 spiro atoms. The van der Waals surface area contributed by atoms with Crippen LogP contribution in [0, 0.1) is 17.8 Å². The number of aromatic nitrogens is 3. The number of nitrogen functional groups attached to an aromatic ring is 1. The first-order valence-electron chi connectivity index (χ1n) is 9.50. The van der Waals surface area contributed by atoms with Gasteiger partial charge in [-0.05, 0) is 62.1 Å². The van der Waals surface area contributed by atoms with Crippen LogP contribution in [-0.4, -0.2) is 32.6 Å². The third-order valence-corrected chi connectivity index (χ3v) is 7.48. The Kier molecular flexibility index (Phi) is 5.76. The number of amides is 1. The zero-order valence-electron chi connectivity index (χ0n) is 15.6. The number of carbonyl (C=O) groups is 1. The lowest BCUT2D eigenvalue weighted by Crippen LogP contribution is -2.41. The molecule has 3 N–H and O–H groups in total. The van der Waals surface area contributed by atoms with Gasteiger partial charge in [0.05, 0.1) is 10.8 Å². The van der Waals surface area contributed by atoms with Gasteiger partial charge in [0, 0.05) is 16.6 Å². The van der Waals surface area contributed by atoms with Crippen molar-refractivity contribution in [2.24, 2.45) is 17.8 Å². The Bertz CT molecular complexity index is 889.